The Morgan fingerprint density at radius 3 is 2.31 bits per heavy atom. The van der Waals surface area contributed by atoms with E-state index in [9.17, 15) is 9.90 Å². The molecule has 2 aromatic rings. The molecule has 0 saturated heterocycles. The number of aliphatic carboxylic acids is 1. The third-order valence-electron chi connectivity index (χ3n) is 4.72. The topological polar surface area (TPSA) is 46.5 Å². The average molecular weight is 373 g/mol. The van der Waals surface area contributed by atoms with E-state index in [2.05, 4.69) is 24.3 Å². The van der Waals surface area contributed by atoms with Gasteiger partial charge in [-0.25, -0.2) is 0 Å². The Morgan fingerprint density at radius 2 is 1.73 bits per heavy atom. The molecule has 140 valence electrons. The summed E-state index contributed by atoms with van der Waals surface area (Å²) in [5.41, 5.74) is 0.557. The largest absolute Gasteiger partial charge is 0.497 e. The number of methoxy groups -OCH3 is 1. The minimum Gasteiger partial charge on any atom is -0.497 e. The van der Waals surface area contributed by atoms with Gasteiger partial charge in [0.1, 0.15) is 5.75 Å². The van der Waals surface area contributed by atoms with Crippen LogP contribution in [0.2, 0.25) is 0 Å². The minimum absolute atomic E-state index is 0.0177. The molecule has 1 atom stereocenters. The molecule has 0 spiro atoms. The van der Waals surface area contributed by atoms with Gasteiger partial charge >= 0.3 is 5.97 Å². The number of carboxylic acids is 1. The van der Waals surface area contributed by atoms with Crippen LogP contribution in [0.25, 0.3) is 0 Å². The summed E-state index contributed by atoms with van der Waals surface area (Å²) in [6.07, 6.45) is 4.00. The number of rotatable bonds is 10. The fraction of sp³-hybridized carbons (Fsp3) is 0.409. The molecule has 4 heteroatoms. The highest BCUT2D eigenvalue weighted by molar-refractivity contribution is 8.00. The number of ether oxygens (including phenoxy) is 1. The van der Waals surface area contributed by atoms with E-state index in [-0.39, 0.29) is 5.25 Å². The van der Waals surface area contributed by atoms with E-state index in [1.54, 1.807) is 18.9 Å². The molecule has 0 aliphatic rings. The van der Waals surface area contributed by atoms with Crippen molar-refractivity contribution in [2.24, 2.45) is 5.41 Å². The third kappa shape index (κ3) is 5.80. The zero-order valence-electron chi connectivity index (χ0n) is 15.8. The molecular weight excluding hydrogens is 344 g/mol. The number of carboxylic acid groups (broad SMARTS) is 1. The van der Waals surface area contributed by atoms with Gasteiger partial charge in [-0.1, -0.05) is 36.8 Å². The molecule has 0 bridgehead atoms. The summed E-state index contributed by atoms with van der Waals surface area (Å²) in [4.78, 5) is 12.9. The number of unbranched alkanes of at least 4 members (excludes halogenated alkanes) is 1. The molecule has 0 aliphatic carbocycles. The van der Waals surface area contributed by atoms with E-state index in [0.717, 1.165) is 36.3 Å². The Kier molecular flexibility index (Phi) is 7.58. The van der Waals surface area contributed by atoms with Crippen molar-refractivity contribution >= 4 is 17.7 Å². The molecule has 0 fully saturated rings. The average Bonchev–Trinajstić information content (AvgIpc) is 2.65. The van der Waals surface area contributed by atoms with Gasteiger partial charge in [0, 0.05) is 10.1 Å². The van der Waals surface area contributed by atoms with Crippen molar-refractivity contribution in [1.82, 2.24) is 0 Å². The number of hydrogen-bond acceptors (Lipinski definition) is 3. The monoisotopic (exact) mass is 372 g/mol. The van der Waals surface area contributed by atoms with Gasteiger partial charge in [-0.05, 0) is 62.9 Å². The highest BCUT2D eigenvalue weighted by Gasteiger charge is 2.37. The summed E-state index contributed by atoms with van der Waals surface area (Å²) in [6, 6.07) is 18.3. The van der Waals surface area contributed by atoms with Crippen LogP contribution >= 0.6 is 11.8 Å². The normalized spacial score (nSPS) is 12.6. The first-order valence-corrected chi connectivity index (χ1v) is 9.89. The van der Waals surface area contributed by atoms with E-state index < -0.39 is 11.4 Å². The third-order valence-corrected chi connectivity index (χ3v) is 6.37. The van der Waals surface area contributed by atoms with Crippen molar-refractivity contribution < 1.29 is 14.6 Å². The molecule has 1 N–H and O–H groups in total. The summed E-state index contributed by atoms with van der Waals surface area (Å²) < 4.78 is 5.20. The van der Waals surface area contributed by atoms with Crippen LogP contribution in [0.15, 0.2) is 59.5 Å². The van der Waals surface area contributed by atoms with Crippen molar-refractivity contribution in [3.05, 3.63) is 60.2 Å². The maximum Gasteiger partial charge on any atom is 0.310 e. The van der Waals surface area contributed by atoms with E-state index in [1.807, 2.05) is 44.2 Å². The Morgan fingerprint density at radius 1 is 1.08 bits per heavy atom. The first-order chi connectivity index (χ1) is 12.4. The van der Waals surface area contributed by atoms with E-state index in [0.29, 0.717) is 0 Å². The van der Waals surface area contributed by atoms with Gasteiger partial charge < -0.3 is 9.84 Å². The highest BCUT2D eigenvalue weighted by atomic mass is 32.2. The summed E-state index contributed by atoms with van der Waals surface area (Å²) in [7, 11) is 1.64. The lowest BCUT2D eigenvalue weighted by Crippen LogP contribution is -2.35. The quantitative estimate of drug-likeness (QED) is 0.430. The second-order valence-electron chi connectivity index (χ2n) is 7.04. The van der Waals surface area contributed by atoms with Gasteiger partial charge in [-0.2, -0.15) is 0 Å². The first kappa shape index (κ1) is 20.4. The van der Waals surface area contributed by atoms with Crippen LogP contribution in [-0.2, 0) is 11.2 Å². The SMILES string of the molecule is COc1ccc(SC(CCCCc2ccccc2)C(C)(C)C(=O)O)cc1. The summed E-state index contributed by atoms with van der Waals surface area (Å²) in [5.74, 6) is 0.0674. The predicted molar refractivity (Wildman–Crippen MR) is 108 cm³/mol. The highest BCUT2D eigenvalue weighted by Crippen LogP contribution is 2.39. The minimum atomic E-state index is -0.780. The second-order valence-corrected chi connectivity index (χ2v) is 8.32. The maximum absolute atomic E-state index is 11.8. The summed E-state index contributed by atoms with van der Waals surface area (Å²) >= 11 is 1.65. The fourth-order valence-electron chi connectivity index (χ4n) is 2.83. The van der Waals surface area contributed by atoms with Crippen molar-refractivity contribution in [2.45, 2.75) is 49.7 Å². The zero-order chi connectivity index (χ0) is 19.0. The molecule has 0 aromatic heterocycles. The second kappa shape index (κ2) is 9.67. The van der Waals surface area contributed by atoms with Crippen molar-refractivity contribution in [3.63, 3.8) is 0 Å². The molecule has 0 heterocycles. The molecule has 0 saturated carbocycles. The number of hydrogen-bond donors (Lipinski definition) is 1. The lowest BCUT2D eigenvalue weighted by Gasteiger charge is -2.30. The number of aryl methyl sites for hydroxylation is 1. The summed E-state index contributed by atoms with van der Waals surface area (Å²) in [6.45, 7) is 3.65. The zero-order valence-corrected chi connectivity index (χ0v) is 16.6. The van der Waals surface area contributed by atoms with E-state index in [4.69, 9.17) is 4.74 Å². The molecule has 3 nitrogen and oxygen atoms in total. The molecule has 2 rings (SSSR count). The molecule has 1 unspecified atom stereocenters. The van der Waals surface area contributed by atoms with Crippen molar-refractivity contribution in [1.29, 1.82) is 0 Å². The van der Waals surface area contributed by atoms with Gasteiger partial charge in [-0.15, -0.1) is 11.8 Å². The van der Waals surface area contributed by atoms with Gasteiger partial charge in [0.05, 0.1) is 12.5 Å². The Labute approximate surface area is 160 Å². The summed E-state index contributed by atoms with van der Waals surface area (Å²) in [5, 5.41) is 9.69. The van der Waals surface area contributed by atoms with E-state index in [1.165, 1.54) is 5.56 Å². The van der Waals surface area contributed by atoms with Gasteiger partial charge in [0.25, 0.3) is 0 Å². The van der Waals surface area contributed by atoms with Crippen LogP contribution in [0, 0.1) is 5.41 Å². The van der Waals surface area contributed by atoms with Gasteiger partial charge in [0.15, 0.2) is 0 Å². The lowest BCUT2D eigenvalue weighted by atomic mass is 9.86. The first-order valence-electron chi connectivity index (χ1n) is 9.01. The number of carbonyl (C=O) groups is 1. The smallest absolute Gasteiger partial charge is 0.310 e. The lowest BCUT2D eigenvalue weighted by molar-refractivity contribution is -0.146. The van der Waals surface area contributed by atoms with Crippen molar-refractivity contribution in [3.8, 4) is 5.75 Å². The molecule has 2 aromatic carbocycles. The molecule has 0 amide bonds. The van der Waals surface area contributed by atoms with Crippen LogP contribution in [0.3, 0.4) is 0 Å². The predicted octanol–water partition coefficient (Wildman–Crippen LogP) is 5.68. The Balaban J connectivity index is 1.97. The van der Waals surface area contributed by atoms with Crippen LogP contribution in [0.4, 0.5) is 0 Å². The van der Waals surface area contributed by atoms with Crippen molar-refractivity contribution in [2.75, 3.05) is 7.11 Å². The number of benzene rings is 2. The fourth-order valence-corrected chi connectivity index (χ4v) is 4.13. The Bertz CT molecular complexity index is 680. The van der Waals surface area contributed by atoms with Crippen LogP contribution in [0.1, 0.15) is 38.7 Å². The molecule has 0 radical (unpaired) electrons. The van der Waals surface area contributed by atoms with Gasteiger partial charge in [0.2, 0.25) is 0 Å². The van der Waals surface area contributed by atoms with Crippen LogP contribution in [0.5, 0.6) is 5.75 Å². The van der Waals surface area contributed by atoms with Crippen LogP contribution in [-0.4, -0.2) is 23.4 Å². The molecular formula is C22H28O3S. The standard InChI is InChI=1S/C22H28O3S/c1-22(2,21(23)24)20(26-19-15-13-18(25-3)14-16-19)12-8-7-11-17-9-5-4-6-10-17/h4-6,9-10,13-16,20H,7-8,11-12H2,1-3H3,(H,23,24). The van der Waals surface area contributed by atoms with E-state index >= 15 is 0 Å². The van der Waals surface area contributed by atoms with Gasteiger partial charge in [-0.3, -0.25) is 4.79 Å². The number of thioether (sulfide) groups is 1. The molecule has 0 aliphatic heterocycles. The Hall–Kier alpha value is -1.94. The maximum atomic E-state index is 11.8. The van der Waals surface area contributed by atoms with Crippen LogP contribution < -0.4 is 4.74 Å². The molecule has 26 heavy (non-hydrogen) atoms.